The summed E-state index contributed by atoms with van der Waals surface area (Å²) in [5, 5.41) is 0. The van der Waals surface area contributed by atoms with Gasteiger partial charge in [-0.1, -0.05) is 0 Å². The summed E-state index contributed by atoms with van der Waals surface area (Å²) in [6, 6.07) is 0.440. The molecule has 1 rings (SSSR count). The van der Waals surface area contributed by atoms with Crippen LogP contribution in [-0.4, -0.2) is 12.6 Å². The van der Waals surface area contributed by atoms with E-state index in [1.807, 2.05) is 0 Å². The van der Waals surface area contributed by atoms with E-state index in [4.69, 9.17) is 11.5 Å². The van der Waals surface area contributed by atoms with Crippen molar-refractivity contribution in [1.82, 2.24) is 0 Å². The highest BCUT2D eigenvalue weighted by atomic mass is 14.8. The van der Waals surface area contributed by atoms with E-state index < -0.39 is 0 Å². The van der Waals surface area contributed by atoms with Crippen LogP contribution in [-0.2, 0) is 0 Å². The summed E-state index contributed by atoms with van der Waals surface area (Å²) in [7, 11) is 0. The zero-order valence-corrected chi connectivity index (χ0v) is 3.72. The van der Waals surface area contributed by atoms with Crippen molar-refractivity contribution in [3.05, 3.63) is 0 Å². The second kappa shape index (κ2) is 1.21. The molecule has 0 amide bonds. The van der Waals surface area contributed by atoms with E-state index in [9.17, 15) is 0 Å². The van der Waals surface area contributed by atoms with Gasteiger partial charge in [-0.2, -0.15) is 0 Å². The molecule has 0 aromatic heterocycles. The maximum absolute atomic E-state index is 5.40. The Morgan fingerprint density at radius 2 is 2.17 bits per heavy atom. The molecule has 0 radical (unpaired) electrons. The maximum atomic E-state index is 5.40. The highest BCUT2D eigenvalue weighted by Gasteiger charge is 2.31. The summed E-state index contributed by atoms with van der Waals surface area (Å²) in [5.74, 6) is 0.657. The number of nitrogens with two attached hydrogens (primary N) is 2. The van der Waals surface area contributed by atoms with Gasteiger partial charge in [0.1, 0.15) is 0 Å². The Morgan fingerprint density at radius 1 is 1.67 bits per heavy atom. The molecule has 0 aromatic rings. The monoisotopic (exact) mass is 86.1 g/mol. The van der Waals surface area contributed by atoms with Gasteiger partial charge in [0, 0.05) is 6.04 Å². The third kappa shape index (κ3) is 0.533. The molecule has 0 aliphatic heterocycles. The molecule has 2 atom stereocenters. The van der Waals surface area contributed by atoms with E-state index in [-0.39, 0.29) is 0 Å². The molecule has 0 spiro atoms. The highest BCUT2D eigenvalue weighted by molar-refractivity contribution is 4.90. The topological polar surface area (TPSA) is 52.0 Å². The fourth-order valence-corrected chi connectivity index (χ4v) is 0.542. The minimum Gasteiger partial charge on any atom is -0.330 e. The fraction of sp³-hybridized carbons (Fsp3) is 1.00. The molecule has 1 saturated carbocycles. The van der Waals surface area contributed by atoms with Gasteiger partial charge >= 0.3 is 0 Å². The van der Waals surface area contributed by atoms with Crippen molar-refractivity contribution in [3.63, 3.8) is 0 Å². The summed E-state index contributed by atoms with van der Waals surface area (Å²) >= 11 is 0. The Kier molecular flexibility index (Phi) is 0.821. The van der Waals surface area contributed by atoms with Gasteiger partial charge in [-0.25, -0.2) is 0 Å². The van der Waals surface area contributed by atoms with Gasteiger partial charge in [0.05, 0.1) is 0 Å². The van der Waals surface area contributed by atoms with Crippen LogP contribution in [0.2, 0.25) is 0 Å². The van der Waals surface area contributed by atoms with E-state index in [0.717, 1.165) is 13.0 Å². The Hall–Kier alpha value is -0.0800. The molecule has 0 aromatic carbocycles. The summed E-state index contributed by atoms with van der Waals surface area (Å²) < 4.78 is 0. The minimum absolute atomic E-state index is 0.440. The smallest absolute Gasteiger partial charge is 0.00834 e. The minimum atomic E-state index is 0.440. The van der Waals surface area contributed by atoms with Crippen LogP contribution < -0.4 is 11.5 Å². The predicted molar refractivity (Wildman–Crippen MR) is 25.1 cm³/mol. The van der Waals surface area contributed by atoms with Crippen molar-refractivity contribution in [1.29, 1.82) is 0 Å². The molecule has 1 fully saturated rings. The molecule has 0 heterocycles. The molecule has 6 heavy (non-hydrogen) atoms. The van der Waals surface area contributed by atoms with Gasteiger partial charge in [0.2, 0.25) is 0 Å². The van der Waals surface area contributed by atoms with Crippen molar-refractivity contribution in [3.8, 4) is 0 Å². The van der Waals surface area contributed by atoms with E-state index in [0.29, 0.717) is 12.0 Å². The lowest BCUT2D eigenvalue weighted by Gasteiger charge is -1.80. The Balaban J connectivity index is 2.09. The first-order valence-electron chi connectivity index (χ1n) is 2.30. The second-order valence-corrected chi connectivity index (χ2v) is 1.90. The van der Waals surface area contributed by atoms with Crippen LogP contribution in [0.3, 0.4) is 0 Å². The predicted octanol–water partition coefficient (Wildman–Crippen LogP) is -0.708. The van der Waals surface area contributed by atoms with E-state index in [2.05, 4.69) is 0 Å². The molecule has 4 N–H and O–H groups in total. The fourth-order valence-electron chi connectivity index (χ4n) is 0.542. The zero-order valence-electron chi connectivity index (χ0n) is 3.72. The quantitative estimate of drug-likeness (QED) is 0.443. The Labute approximate surface area is 37.5 Å². The van der Waals surface area contributed by atoms with Crippen molar-refractivity contribution in [2.45, 2.75) is 12.5 Å². The standard InChI is InChI=1S/C4H10N2/c5-2-3-1-4(3)6/h3-4H,1-2,5-6H2/t3-,4+/m0/s1. The molecular weight excluding hydrogens is 76.1 g/mol. The van der Waals surface area contributed by atoms with E-state index >= 15 is 0 Å². The van der Waals surface area contributed by atoms with Gasteiger partial charge in [-0.15, -0.1) is 0 Å². The van der Waals surface area contributed by atoms with Crippen LogP contribution in [0.5, 0.6) is 0 Å². The first kappa shape index (κ1) is 4.09. The van der Waals surface area contributed by atoms with Crippen LogP contribution in [0.4, 0.5) is 0 Å². The van der Waals surface area contributed by atoms with Crippen molar-refractivity contribution in [2.24, 2.45) is 17.4 Å². The molecule has 0 bridgehead atoms. The molecule has 2 nitrogen and oxygen atoms in total. The van der Waals surface area contributed by atoms with Crippen molar-refractivity contribution < 1.29 is 0 Å². The normalized spacial score (nSPS) is 43.0. The van der Waals surface area contributed by atoms with Crippen molar-refractivity contribution in [2.75, 3.05) is 6.54 Å². The summed E-state index contributed by atoms with van der Waals surface area (Å²) in [4.78, 5) is 0. The largest absolute Gasteiger partial charge is 0.330 e. The number of hydrogen-bond donors (Lipinski definition) is 2. The lowest BCUT2D eigenvalue weighted by molar-refractivity contribution is 0.801. The highest BCUT2D eigenvalue weighted by Crippen LogP contribution is 2.25. The van der Waals surface area contributed by atoms with Gasteiger partial charge < -0.3 is 11.5 Å². The Morgan fingerprint density at radius 3 is 2.17 bits per heavy atom. The Bertz CT molecular complexity index is 51.5. The van der Waals surface area contributed by atoms with Crippen LogP contribution in [0.15, 0.2) is 0 Å². The maximum Gasteiger partial charge on any atom is 0.00834 e. The summed E-state index contributed by atoms with van der Waals surface area (Å²) in [6.45, 7) is 0.779. The third-order valence-electron chi connectivity index (χ3n) is 1.28. The number of hydrogen-bond acceptors (Lipinski definition) is 2. The van der Waals surface area contributed by atoms with Gasteiger partial charge in [0.25, 0.3) is 0 Å². The molecular formula is C4H10N2. The van der Waals surface area contributed by atoms with Crippen LogP contribution in [0.1, 0.15) is 6.42 Å². The third-order valence-corrected chi connectivity index (χ3v) is 1.28. The molecule has 0 unspecified atom stereocenters. The lowest BCUT2D eigenvalue weighted by Crippen LogP contribution is -2.09. The molecule has 36 valence electrons. The van der Waals surface area contributed by atoms with Gasteiger partial charge in [0.15, 0.2) is 0 Å². The lowest BCUT2D eigenvalue weighted by atomic mass is 10.4. The van der Waals surface area contributed by atoms with Crippen molar-refractivity contribution >= 4 is 0 Å². The first-order valence-corrected chi connectivity index (χ1v) is 2.30. The van der Waals surface area contributed by atoms with Crippen LogP contribution >= 0.6 is 0 Å². The molecule has 1 aliphatic rings. The molecule has 1 aliphatic carbocycles. The average Bonchev–Trinajstić information content (AvgIpc) is 2.19. The average molecular weight is 86.1 g/mol. The van der Waals surface area contributed by atoms with E-state index in [1.165, 1.54) is 0 Å². The van der Waals surface area contributed by atoms with Crippen LogP contribution in [0, 0.1) is 5.92 Å². The first-order chi connectivity index (χ1) is 2.84. The van der Waals surface area contributed by atoms with Crippen LogP contribution in [0.25, 0.3) is 0 Å². The summed E-state index contributed by atoms with van der Waals surface area (Å²) in [6.07, 6.45) is 1.15. The SMILES string of the molecule is NC[C@@H]1C[C@H]1N. The summed E-state index contributed by atoms with van der Waals surface area (Å²) in [5.41, 5.74) is 10.6. The molecule has 2 heteroatoms. The second-order valence-electron chi connectivity index (χ2n) is 1.90. The molecule has 0 saturated heterocycles. The van der Waals surface area contributed by atoms with E-state index in [1.54, 1.807) is 0 Å². The van der Waals surface area contributed by atoms with Gasteiger partial charge in [-0.05, 0) is 18.9 Å². The zero-order chi connectivity index (χ0) is 4.57. The van der Waals surface area contributed by atoms with Gasteiger partial charge in [-0.3, -0.25) is 0 Å². The number of rotatable bonds is 1.